The molecule has 132 valence electrons. The van der Waals surface area contributed by atoms with Crippen LogP contribution in [0.3, 0.4) is 0 Å². The smallest absolute Gasteiger partial charge is 0.252 e. The van der Waals surface area contributed by atoms with Crippen LogP contribution in [0.4, 0.5) is 0 Å². The van der Waals surface area contributed by atoms with Gasteiger partial charge in [-0.3, -0.25) is 4.79 Å². The van der Waals surface area contributed by atoms with Gasteiger partial charge in [-0.15, -0.1) is 0 Å². The maximum atomic E-state index is 11.9. The SMILES string of the molecule is O=C(C=Cc1ccc2c(c1)OCO2)NCCCc1cnc2ncnn2c1. The van der Waals surface area contributed by atoms with Crippen molar-refractivity contribution in [3.8, 4) is 11.5 Å². The van der Waals surface area contributed by atoms with E-state index in [4.69, 9.17) is 9.47 Å². The lowest BCUT2D eigenvalue weighted by molar-refractivity contribution is -0.116. The number of aromatic nitrogens is 4. The fraction of sp³-hybridized carbons (Fsp3) is 0.222. The lowest BCUT2D eigenvalue weighted by Crippen LogP contribution is -2.22. The first-order valence-electron chi connectivity index (χ1n) is 8.28. The van der Waals surface area contributed by atoms with Gasteiger partial charge in [-0.05, 0) is 42.2 Å². The lowest BCUT2D eigenvalue weighted by Gasteiger charge is -2.03. The van der Waals surface area contributed by atoms with Crippen molar-refractivity contribution in [1.29, 1.82) is 0 Å². The third kappa shape index (κ3) is 3.64. The summed E-state index contributed by atoms with van der Waals surface area (Å²) >= 11 is 0. The van der Waals surface area contributed by atoms with Crippen molar-refractivity contribution >= 4 is 17.8 Å². The molecular formula is C18H17N5O3. The zero-order valence-electron chi connectivity index (χ0n) is 14.0. The Morgan fingerprint density at radius 1 is 1.27 bits per heavy atom. The van der Waals surface area contributed by atoms with Crippen LogP contribution in [-0.2, 0) is 11.2 Å². The highest BCUT2D eigenvalue weighted by Gasteiger charge is 2.12. The van der Waals surface area contributed by atoms with Gasteiger partial charge in [0.15, 0.2) is 11.5 Å². The Labute approximate surface area is 149 Å². The van der Waals surface area contributed by atoms with E-state index in [1.807, 2.05) is 24.4 Å². The minimum atomic E-state index is -0.132. The topological polar surface area (TPSA) is 90.6 Å². The summed E-state index contributed by atoms with van der Waals surface area (Å²) in [4.78, 5) is 20.1. The Morgan fingerprint density at radius 2 is 2.19 bits per heavy atom. The molecule has 1 aliphatic heterocycles. The molecule has 0 saturated heterocycles. The molecule has 2 aromatic heterocycles. The number of benzene rings is 1. The molecule has 0 atom stereocenters. The lowest BCUT2D eigenvalue weighted by atomic mass is 10.2. The van der Waals surface area contributed by atoms with Crippen molar-refractivity contribution in [1.82, 2.24) is 24.9 Å². The van der Waals surface area contributed by atoms with Crippen molar-refractivity contribution in [2.75, 3.05) is 13.3 Å². The molecule has 0 unspecified atom stereocenters. The van der Waals surface area contributed by atoms with Crippen LogP contribution < -0.4 is 14.8 Å². The molecule has 0 radical (unpaired) electrons. The molecule has 3 aromatic rings. The molecule has 4 rings (SSSR count). The van der Waals surface area contributed by atoms with Crippen LogP contribution in [0.2, 0.25) is 0 Å². The van der Waals surface area contributed by atoms with E-state index < -0.39 is 0 Å². The van der Waals surface area contributed by atoms with Gasteiger partial charge in [0, 0.05) is 25.0 Å². The molecule has 1 amide bonds. The standard InChI is InChI=1S/C18H17N5O3/c24-17(6-4-13-3-5-15-16(8-13)26-12-25-15)19-7-1-2-14-9-20-18-21-11-22-23(18)10-14/h3-6,8-11H,1-2,7,12H2,(H,19,24). The predicted octanol–water partition coefficient (Wildman–Crippen LogP) is 1.62. The zero-order valence-corrected chi connectivity index (χ0v) is 14.0. The fourth-order valence-electron chi connectivity index (χ4n) is 2.64. The number of hydrogen-bond acceptors (Lipinski definition) is 6. The maximum absolute atomic E-state index is 11.9. The van der Waals surface area contributed by atoms with Crippen LogP contribution in [-0.4, -0.2) is 38.8 Å². The summed E-state index contributed by atoms with van der Waals surface area (Å²) in [5.41, 5.74) is 1.93. The summed E-state index contributed by atoms with van der Waals surface area (Å²) < 4.78 is 12.2. The Balaban J connectivity index is 1.23. The van der Waals surface area contributed by atoms with E-state index in [2.05, 4.69) is 20.4 Å². The van der Waals surface area contributed by atoms with E-state index in [1.54, 1.807) is 16.8 Å². The molecule has 0 saturated carbocycles. The van der Waals surface area contributed by atoms with Crippen molar-refractivity contribution in [3.63, 3.8) is 0 Å². The fourth-order valence-corrected chi connectivity index (χ4v) is 2.64. The average molecular weight is 351 g/mol. The highest BCUT2D eigenvalue weighted by molar-refractivity contribution is 5.91. The molecule has 3 heterocycles. The second-order valence-electron chi connectivity index (χ2n) is 5.81. The number of fused-ring (bicyclic) bond motifs is 2. The van der Waals surface area contributed by atoms with Gasteiger partial charge in [0.1, 0.15) is 6.33 Å². The van der Waals surface area contributed by atoms with E-state index in [9.17, 15) is 4.79 Å². The Bertz CT molecular complexity index is 966. The number of nitrogens with one attached hydrogen (secondary N) is 1. The van der Waals surface area contributed by atoms with Crippen molar-refractivity contribution in [2.24, 2.45) is 0 Å². The van der Waals surface area contributed by atoms with Crippen LogP contribution in [0, 0.1) is 0 Å². The van der Waals surface area contributed by atoms with Crippen LogP contribution in [0.1, 0.15) is 17.5 Å². The van der Waals surface area contributed by atoms with Gasteiger partial charge in [0.2, 0.25) is 12.7 Å². The summed E-state index contributed by atoms with van der Waals surface area (Å²) in [6.07, 6.45) is 10.0. The average Bonchev–Trinajstić information content (AvgIpc) is 3.31. The molecule has 0 fully saturated rings. The van der Waals surface area contributed by atoms with Crippen molar-refractivity contribution in [3.05, 3.63) is 54.1 Å². The van der Waals surface area contributed by atoms with E-state index in [1.165, 1.54) is 12.4 Å². The number of nitrogens with zero attached hydrogens (tertiary/aromatic N) is 4. The summed E-state index contributed by atoms with van der Waals surface area (Å²) in [6.45, 7) is 0.821. The number of carbonyl (C=O) groups is 1. The van der Waals surface area contributed by atoms with Gasteiger partial charge >= 0.3 is 0 Å². The minimum Gasteiger partial charge on any atom is -0.454 e. The maximum Gasteiger partial charge on any atom is 0.252 e. The number of hydrogen-bond donors (Lipinski definition) is 1. The third-order valence-electron chi connectivity index (χ3n) is 3.95. The van der Waals surface area contributed by atoms with Gasteiger partial charge in [-0.2, -0.15) is 10.1 Å². The van der Waals surface area contributed by atoms with Crippen molar-refractivity contribution < 1.29 is 14.3 Å². The van der Waals surface area contributed by atoms with E-state index in [-0.39, 0.29) is 12.7 Å². The van der Waals surface area contributed by atoms with Crippen LogP contribution in [0.25, 0.3) is 11.9 Å². The number of aryl methyl sites for hydroxylation is 1. The summed E-state index contributed by atoms with van der Waals surface area (Å²) in [7, 11) is 0. The molecule has 1 N–H and O–H groups in total. The molecule has 0 spiro atoms. The van der Waals surface area contributed by atoms with E-state index >= 15 is 0 Å². The molecule has 26 heavy (non-hydrogen) atoms. The molecule has 1 aliphatic rings. The van der Waals surface area contributed by atoms with Gasteiger partial charge < -0.3 is 14.8 Å². The summed E-state index contributed by atoms with van der Waals surface area (Å²) in [6, 6.07) is 5.56. The minimum absolute atomic E-state index is 0.132. The highest BCUT2D eigenvalue weighted by atomic mass is 16.7. The Kier molecular flexibility index (Phi) is 4.46. The van der Waals surface area contributed by atoms with Gasteiger partial charge in [0.25, 0.3) is 5.78 Å². The number of amides is 1. The summed E-state index contributed by atoms with van der Waals surface area (Å²) in [5, 5.41) is 6.93. The van der Waals surface area contributed by atoms with Gasteiger partial charge in [0.05, 0.1) is 0 Å². The molecule has 0 aliphatic carbocycles. The van der Waals surface area contributed by atoms with Gasteiger partial charge in [-0.25, -0.2) is 9.50 Å². The Morgan fingerprint density at radius 3 is 3.15 bits per heavy atom. The summed E-state index contributed by atoms with van der Waals surface area (Å²) in [5.74, 6) is 1.87. The zero-order chi connectivity index (χ0) is 17.8. The molecule has 1 aromatic carbocycles. The first kappa shape index (κ1) is 16.1. The first-order valence-corrected chi connectivity index (χ1v) is 8.28. The Hall–Kier alpha value is -3.42. The monoisotopic (exact) mass is 351 g/mol. The highest BCUT2D eigenvalue weighted by Crippen LogP contribution is 2.32. The molecule has 8 heteroatoms. The quantitative estimate of drug-likeness (QED) is 0.536. The van der Waals surface area contributed by atoms with Crippen LogP contribution >= 0.6 is 0 Å². The van der Waals surface area contributed by atoms with Gasteiger partial charge in [-0.1, -0.05) is 6.07 Å². The van der Waals surface area contributed by atoms with E-state index in [0.717, 1.165) is 29.7 Å². The predicted molar refractivity (Wildman–Crippen MR) is 93.7 cm³/mol. The third-order valence-corrected chi connectivity index (χ3v) is 3.95. The second kappa shape index (κ2) is 7.22. The second-order valence-corrected chi connectivity index (χ2v) is 5.81. The number of carbonyl (C=O) groups excluding carboxylic acids is 1. The number of rotatable bonds is 6. The molecule has 8 nitrogen and oxygen atoms in total. The molecule has 0 bridgehead atoms. The largest absolute Gasteiger partial charge is 0.454 e. The van der Waals surface area contributed by atoms with Crippen molar-refractivity contribution in [2.45, 2.75) is 12.8 Å². The van der Waals surface area contributed by atoms with Crippen LogP contribution in [0.15, 0.2) is 43.0 Å². The van der Waals surface area contributed by atoms with Crippen LogP contribution in [0.5, 0.6) is 11.5 Å². The normalized spacial score (nSPS) is 12.8. The molecular weight excluding hydrogens is 334 g/mol. The first-order chi connectivity index (χ1) is 12.8. The van der Waals surface area contributed by atoms with E-state index in [0.29, 0.717) is 18.1 Å². The number of ether oxygens (including phenoxy) is 2.